The molecule has 86 valence electrons. The van der Waals surface area contributed by atoms with Crippen molar-refractivity contribution in [3.05, 3.63) is 42.1 Å². The number of rotatable bonds is 1. The third kappa shape index (κ3) is 1.53. The zero-order chi connectivity index (χ0) is 12.0. The number of aromatic amines is 1. The van der Waals surface area contributed by atoms with Crippen LogP contribution in [0.5, 0.6) is 0 Å². The SMILES string of the molecule is Cc1nn(C)cc1-c1c[nH]c2cc(F)ccc12. The van der Waals surface area contributed by atoms with Gasteiger partial charge in [-0.1, -0.05) is 0 Å². The first-order valence-corrected chi connectivity index (χ1v) is 5.42. The summed E-state index contributed by atoms with van der Waals surface area (Å²) in [6.07, 6.45) is 3.87. The lowest BCUT2D eigenvalue weighted by Gasteiger charge is -1.96. The molecule has 2 heterocycles. The lowest BCUT2D eigenvalue weighted by Crippen LogP contribution is -1.86. The van der Waals surface area contributed by atoms with Gasteiger partial charge < -0.3 is 4.98 Å². The number of benzene rings is 1. The summed E-state index contributed by atoms with van der Waals surface area (Å²) >= 11 is 0. The number of halogens is 1. The maximum Gasteiger partial charge on any atom is 0.125 e. The topological polar surface area (TPSA) is 33.6 Å². The van der Waals surface area contributed by atoms with Crippen LogP contribution in [0.4, 0.5) is 4.39 Å². The Labute approximate surface area is 97.9 Å². The van der Waals surface area contributed by atoms with E-state index in [1.807, 2.05) is 26.4 Å². The van der Waals surface area contributed by atoms with Crippen molar-refractivity contribution in [1.29, 1.82) is 0 Å². The number of aromatic nitrogens is 3. The molecule has 0 fully saturated rings. The Kier molecular flexibility index (Phi) is 2.04. The van der Waals surface area contributed by atoms with Crippen LogP contribution in [-0.2, 0) is 7.05 Å². The molecule has 1 aromatic carbocycles. The normalized spacial score (nSPS) is 11.2. The van der Waals surface area contributed by atoms with Crippen LogP contribution >= 0.6 is 0 Å². The van der Waals surface area contributed by atoms with Crippen LogP contribution in [0.1, 0.15) is 5.69 Å². The molecule has 2 aromatic heterocycles. The summed E-state index contributed by atoms with van der Waals surface area (Å²) < 4.78 is 14.9. The molecule has 0 aliphatic heterocycles. The molecule has 0 spiro atoms. The van der Waals surface area contributed by atoms with Gasteiger partial charge in [-0.3, -0.25) is 4.68 Å². The fourth-order valence-corrected chi connectivity index (χ4v) is 2.19. The fourth-order valence-electron chi connectivity index (χ4n) is 2.19. The van der Waals surface area contributed by atoms with E-state index in [0.29, 0.717) is 0 Å². The van der Waals surface area contributed by atoms with Crippen LogP contribution in [0.3, 0.4) is 0 Å². The van der Waals surface area contributed by atoms with Gasteiger partial charge in [0.05, 0.1) is 5.69 Å². The molecule has 17 heavy (non-hydrogen) atoms. The van der Waals surface area contributed by atoms with E-state index in [2.05, 4.69) is 10.1 Å². The fraction of sp³-hybridized carbons (Fsp3) is 0.154. The smallest absolute Gasteiger partial charge is 0.125 e. The third-order valence-electron chi connectivity index (χ3n) is 2.95. The first kappa shape index (κ1) is 10.1. The number of hydrogen-bond acceptors (Lipinski definition) is 1. The molecule has 0 unspecified atom stereocenters. The summed E-state index contributed by atoms with van der Waals surface area (Å²) in [6.45, 7) is 1.97. The zero-order valence-electron chi connectivity index (χ0n) is 9.66. The molecular weight excluding hydrogens is 217 g/mol. The molecule has 0 saturated heterocycles. The molecule has 3 rings (SSSR count). The predicted molar refractivity (Wildman–Crippen MR) is 65.2 cm³/mol. The van der Waals surface area contributed by atoms with Crippen molar-refractivity contribution in [2.45, 2.75) is 6.92 Å². The minimum absolute atomic E-state index is 0.228. The summed E-state index contributed by atoms with van der Waals surface area (Å²) in [5, 5.41) is 5.34. The van der Waals surface area contributed by atoms with E-state index < -0.39 is 0 Å². The number of aryl methyl sites for hydroxylation is 2. The number of hydrogen-bond donors (Lipinski definition) is 1. The van der Waals surface area contributed by atoms with Gasteiger partial charge in [0, 0.05) is 41.5 Å². The molecule has 0 saturated carbocycles. The van der Waals surface area contributed by atoms with E-state index in [1.165, 1.54) is 12.1 Å². The monoisotopic (exact) mass is 229 g/mol. The zero-order valence-corrected chi connectivity index (χ0v) is 9.66. The van der Waals surface area contributed by atoms with Crippen LogP contribution in [0, 0.1) is 12.7 Å². The molecule has 0 atom stereocenters. The molecule has 1 N–H and O–H groups in total. The van der Waals surface area contributed by atoms with Crippen molar-refractivity contribution in [1.82, 2.24) is 14.8 Å². The van der Waals surface area contributed by atoms with Crippen molar-refractivity contribution in [3.8, 4) is 11.1 Å². The lowest BCUT2D eigenvalue weighted by atomic mass is 10.1. The minimum atomic E-state index is -0.228. The average molecular weight is 229 g/mol. The van der Waals surface area contributed by atoms with Crippen LogP contribution in [0.2, 0.25) is 0 Å². The van der Waals surface area contributed by atoms with E-state index in [-0.39, 0.29) is 5.82 Å². The summed E-state index contributed by atoms with van der Waals surface area (Å²) in [6, 6.07) is 4.78. The Bertz CT molecular complexity index is 694. The summed E-state index contributed by atoms with van der Waals surface area (Å²) in [5.74, 6) is -0.228. The van der Waals surface area contributed by atoms with Gasteiger partial charge in [-0.2, -0.15) is 5.10 Å². The van der Waals surface area contributed by atoms with Gasteiger partial charge in [0.15, 0.2) is 0 Å². The van der Waals surface area contributed by atoms with Crippen molar-refractivity contribution in [2.75, 3.05) is 0 Å². The van der Waals surface area contributed by atoms with Gasteiger partial charge >= 0.3 is 0 Å². The molecule has 0 aliphatic rings. The quantitative estimate of drug-likeness (QED) is 0.683. The second-order valence-corrected chi connectivity index (χ2v) is 4.19. The summed E-state index contributed by atoms with van der Waals surface area (Å²) in [7, 11) is 1.89. The van der Waals surface area contributed by atoms with Crippen LogP contribution < -0.4 is 0 Å². The Balaban J connectivity index is 2.28. The standard InChI is InChI=1S/C13H12FN3/c1-8-12(7-17(2)16-8)11-6-15-13-5-9(14)3-4-10(11)13/h3-7,15H,1-2H3. The highest BCUT2D eigenvalue weighted by Gasteiger charge is 2.11. The summed E-state index contributed by atoms with van der Waals surface area (Å²) in [4.78, 5) is 3.09. The van der Waals surface area contributed by atoms with Crippen molar-refractivity contribution in [3.63, 3.8) is 0 Å². The van der Waals surface area contributed by atoms with E-state index >= 15 is 0 Å². The molecule has 0 radical (unpaired) electrons. The van der Waals surface area contributed by atoms with Gasteiger partial charge in [-0.05, 0) is 25.1 Å². The van der Waals surface area contributed by atoms with Crippen molar-refractivity contribution >= 4 is 10.9 Å². The molecule has 4 heteroatoms. The first-order valence-electron chi connectivity index (χ1n) is 5.42. The third-order valence-corrected chi connectivity index (χ3v) is 2.95. The van der Waals surface area contributed by atoms with Gasteiger partial charge in [0.1, 0.15) is 5.82 Å². The highest BCUT2D eigenvalue weighted by molar-refractivity contribution is 5.95. The van der Waals surface area contributed by atoms with Gasteiger partial charge in [0.2, 0.25) is 0 Å². The van der Waals surface area contributed by atoms with E-state index in [1.54, 1.807) is 10.7 Å². The number of nitrogens with one attached hydrogen (secondary N) is 1. The Morgan fingerprint density at radius 1 is 1.29 bits per heavy atom. The molecule has 0 bridgehead atoms. The van der Waals surface area contributed by atoms with E-state index in [0.717, 1.165) is 27.7 Å². The highest BCUT2D eigenvalue weighted by Crippen LogP contribution is 2.30. The molecule has 3 nitrogen and oxygen atoms in total. The second-order valence-electron chi connectivity index (χ2n) is 4.19. The molecule has 3 aromatic rings. The largest absolute Gasteiger partial charge is 0.360 e. The number of fused-ring (bicyclic) bond motifs is 1. The van der Waals surface area contributed by atoms with Gasteiger partial charge in [-0.15, -0.1) is 0 Å². The van der Waals surface area contributed by atoms with Crippen molar-refractivity contribution < 1.29 is 4.39 Å². The van der Waals surface area contributed by atoms with Gasteiger partial charge in [0.25, 0.3) is 0 Å². The highest BCUT2D eigenvalue weighted by atomic mass is 19.1. The molecule has 0 amide bonds. The Morgan fingerprint density at radius 2 is 2.12 bits per heavy atom. The Hall–Kier alpha value is -2.10. The van der Waals surface area contributed by atoms with Gasteiger partial charge in [-0.25, -0.2) is 4.39 Å². The van der Waals surface area contributed by atoms with Crippen molar-refractivity contribution in [2.24, 2.45) is 7.05 Å². The maximum atomic E-state index is 13.1. The van der Waals surface area contributed by atoms with Crippen LogP contribution in [0.25, 0.3) is 22.0 Å². The van der Waals surface area contributed by atoms with E-state index in [9.17, 15) is 4.39 Å². The Morgan fingerprint density at radius 3 is 2.82 bits per heavy atom. The second kappa shape index (κ2) is 3.45. The van der Waals surface area contributed by atoms with E-state index in [4.69, 9.17) is 0 Å². The lowest BCUT2D eigenvalue weighted by molar-refractivity contribution is 0.629. The predicted octanol–water partition coefficient (Wildman–Crippen LogP) is 3.02. The first-order chi connectivity index (χ1) is 8.15. The molecule has 0 aliphatic carbocycles. The van der Waals surface area contributed by atoms with Crippen LogP contribution in [0.15, 0.2) is 30.6 Å². The molecular formula is C13H12FN3. The average Bonchev–Trinajstić information content (AvgIpc) is 2.81. The van der Waals surface area contributed by atoms with Crippen LogP contribution in [-0.4, -0.2) is 14.8 Å². The summed E-state index contributed by atoms with van der Waals surface area (Å²) in [5.41, 5.74) is 3.91. The number of H-pyrrole nitrogens is 1. The number of nitrogens with zero attached hydrogens (tertiary/aromatic N) is 2. The minimum Gasteiger partial charge on any atom is -0.360 e. The maximum absolute atomic E-state index is 13.1.